The maximum Gasteiger partial charge on any atom is 0.0834 e. The molecule has 1 heterocycles. The highest BCUT2D eigenvalue weighted by Gasteiger charge is 2.32. The minimum atomic E-state index is 0.0184. The van der Waals surface area contributed by atoms with Crippen molar-refractivity contribution in [3.05, 3.63) is 16.9 Å². The number of nitrogens with zero attached hydrogens (tertiary/aromatic N) is 2. The van der Waals surface area contributed by atoms with E-state index in [0.29, 0.717) is 22.9 Å². The molecule has 0 radical (unpaired) electrons. The Labute approximate surface area is 108 Å². The predicted octanol–water partition coefficient (Wildman–Crippen LogP) is 3.55. The zero-order valence-corrected chi connectivity index (χ0v) is 11.6. The van der Waals surface area contributed by atoms with Crippen molar-refractivity contribution >= 4 is 11.6 Å². The Morgan fingerprint density at radius 2 is 2.18 bits per heavy atom. The van der Waals surface area contributed by atoms with E-state index in [0.717, 1.165) is 5.69 Å². The highest BCUT2D eigenvalue weighted by Crippen LogP contribution is 2.40. The van der Waals surface area contributed by atoms with Gasteiger partial charge in [0.2, 0.25) is 0 Å². The molecule has 3 nitrogen and oxygen atoms in total. The lowest BCUT2D eigenvalue weighted by molar-refractivity contribution is 0.330. The van der Waals surface area contributed by atoms with Gasteiger partial charge in [-0.25, -0.2) is 0 Å². The standard InChI is InChI=1S/C13H22ClN3/c1-8(2)17-13(11(14)7-16-17)12(15)10-6-4-5-9(10)3/h7-10,12H,4-6,15H2,1-3H3. The fraction of sp³-hybridized carbons (Fsp3) is 0.769. The molecule has 1 aromatic rings. The Balaban J connectivity index is 2.29. The van der Waals surface area contributed by atoms with E-state index in [1.165, 1.54) is 19.3 Å². The molecule has 1 saturated carbocycles. The molecule has 0 amide bonds. The maximum atomic E-state index is 6.43. The van der Waals surface area contributed by atoms with Crippen molar-refractivity contribution in [2.75, 3.05) is 0 Å². The summed E-state index contributed by atoms with van der Waals surface area (Å²) in [4.78, 5) is 0. The molecule has 1 aromatic heterocycles. The summed E-state index contributed by atoms with van der Waals surface area (Å²) < 4.78 is 1.97. The lowest BCUT2D eigenvalue weighted by Gasteiger charge is -2.25. The number of hydrogen-bond acceptors (Lipinski definition) is 2. The molecule has 17 heavy (non-hydrogen) atoms. The third-order valence-electron chi connectivity index (χ3n) is 3.98. The highest BCUT2D eigenvalue weighted by atomic mass is 35.5. The maximum absolute atomic E-state index is 6.43. The van der Waals surface area contributed by atoms with Crippen molar-refractivity contribution in [1.82, 2.24) is 9.78 Å². The largest absolute Gasteiger partial charge is 0.322 e. The van der Waals surface area contributed by atoms with Gasteiger partial charge in [0.25, 0.3) is 0 Å². The van der Waals surface area contributed by atoms with Crippen LogP contribution in [-0.4, -0.2) is 9.78 Å². The lowest BCUT2D eigenvalue weighted by atomic mass is 9.89. The lowest BCUT2D eigenvalue weighted by Crippen LogP contribution is -2.27. The van der Waals surface area contributed by atoms with E-state index in [4.69, 9.17) is 17.3 Å². The molecule has 0 saturated heterocycles. The number of rotatable bonds is 3. The van der Waals surface area contributed by atoms with Gasteiger partial charge >= 0.3 is 0 Å². The molecule has 3 atom stereocenters. The fourth-order valence-corrected chi connectivity index (χ4v) is 3.24. The monoisotopic (exact) mass is 255 g/mol. The van der Waals surface area contributed by atoms with E-state index < -0.39 is 0 Å². The second kappa shape index (κ2) is 4.99. The van der Waals surface area contributed by atoms with Crippen LogP contribution in [0.5, 0.6) is 0 Å². The van der Waals surface area contributed by atoms with E-state index in [1.807, 2.05) is 4.68 Å². The summed E-state index contributed by atoms with van der Waals surface area (Å²) in [6.07, 6.45) is 5.50. The first-order valence-electron chi connectivity index (χ1n) is 6.50. The van der Waals surface area contributed by atoms with Gasteiger partial charge in [-0.1, -0.05) is 31.4 Å². The number of aromatic nitrogens is 2. The summed E-state index contributed by atoms with van der Waals surface area (Å²) >= 11 is 6.25. The minimum Gasteiger partial charge on any atom is -0.322 e. The van der Waals surface area contributed by atoms with Crippen LogP contribution < -0.4 is 5.73 Å². The molecule has 2 rings (SSSR count). The molecule has 0 bridgehead atoms. The first-order valence-corrected chi connectivity index (χ1v) is 6.88. The molecule has 0 spiro atoms. The van der Waals surface area contributed by atoms with E-state index in [-0.39, 0.29) is 6.04 Å². The number of nitrogens with two attached hydrogens (primary N) is 1. The molecular weight excluding hydrogens is 234 g/mol. The smallest absolute Gasteiger partial charge is 0.0834 e. The van der Waals surface area contributed by atoms with Gasteiger partial charge in [-0.05, 0) is 32.1 Å². The third kappa shape index (κ3) is 2.36. The van der Waals surface area contributed by atoms with Crippen LogP contribution in [0.4, 0.5) is 0 Å². The van der Waals surface area contributed by atoms with Crippen LogP contribution in [0.2, 0.25) is 5.02 Å². The Morgan fingerprint density at radius 1 is 1.47 bits per heavy atom. The van der Waals surface area contributed by atoms with Gasteiger partial charge in [-0.15, -0.1) is 0 Å². The summed E-state index contributed by atoms with van der Waals surface area (Å²) in [6, 6.07) is 0.324. The molecule has 96 valence electrons. The minimum absolute atomic E-state index is 0.0184. The van der Waals surface area contributed by atoms with Crippen LogP contribution in [-0.2, 0) is 0 Å². The van der Waals surface area contributed by atoms with Crippen molar-refractivity contribution in [2.45, 2.75) is 52.1 Å². The SMILES string of the molecule is CC1CCCC1C(N)c1c(Cl)cnn1C(C)C. The Morgan fingerprint density at radius 3 is 2.71 bits per heavy atom. The Hall–Kier alpha value is -0.540. The summed E-state index contributed by atoms with van der Waals surface area (Å²) in [5.41, 5.74) is 7.44. The Kier molecular flexibility index (Phi) is 3.79. The zero-order chi connectivity index (χ0) is 12.6. The average Bonchev–Trinajstić information content (AvgIpc) is 2.83. The topological polar surface area (TPSA) is 43.8 Å². The van der Waals surface area contributed by atoms with Gasteiger partial charge < -0.3 is 5.73 Å². The molecular formula is C13H22ClN3. The molecule has 0 aliphatic heterocycles. The van der Waals surface area contributed by atoms with Gasteiger partial charge in [0.15, 0.2) is 0 Å². The van der Waals surface area contributed by atoms with Gasteiger partial charge in [-0.2, -0.15) is 5.10 Å². The quantitative estimate of drug-likeness (QED) is 0.898. The van der Waals surface area contributed by atoms with Crippen LogP contribution in [0.3, 0.4) is 0 Å². The van der Waals surface area contributed by atoms with Crippen molar-refractivity contribution in [1.29, 1.82) is 0 Å². The van der Waals surface area contributed by atoms with Crippen molar-refractivity contribution < 1.29 is 0 Å². The van der Waals surface area contributed by atoms with Gasteiger partial charge in [0, 0.05) is 6.04 Å². The number of halogens is 1. The first kappa shape index (κ1) is 12.9. The van der Waals surface area contributed by atoms with Crippen LogP contribution in [0.25, 0.3) is 0 Å². The second-order valence-electron chi connectivity index (χ2n) is 5.51. The fourth-order valence-electron chi connectivity index (χ4n) is 2.98. The van der Waals surface area contributed by atoms with Crippen molar-refractivity contribution in [3.63, 3.8) is 0 Å². The van der Waals surface area contributed by atoms with Crippen molar-refractivity contribution in [3.8, 4) is 0 Å². The van der Waals surface area contributed by atoms with Crippen LogP contribution >= 0.6 is 11.6 Å². The van der Waals surface area contributed by atoms with Crippen LogP contribution in [0.1, 0.15) is 57.8 Å². The van der Waals surface area contributed by atoms with Crippen LogP contribution in [0.15, 0.2) is 6.20 Å². The van der Waals surface area contributed by atoms with Gasteiger partial charge in [0.05, 0.1) is 23.0 Å². The summed E-state index contributed by atoms with van der Waals surface area (Å²) in [5, 5.41) is 5.05. The Bertz CT molecular complexity index is 386. The van der Waals surface area contributed by atoms with E-state index in [2.05, 4.69) is 25.9 Å². The van der Waals surface area contributed by atoms with Crippen molar-refractivity contribution in [2.24, 2.45) is 17.6 Å². The summed E-state index contributed by atoms with van der Waals surface area (Å²) in [6.45, 7) is 6.51. The van der Waals surface area contributed by atoms with Crippen LogP contribution in [0, 0.1) is 11.8 Å². The van der Waals surface area contributed by atoms with Gasteiger partial charge in [0.1, 0.15) is 0 Å². The van der Waals surface area contributed by atoms with E-state index in [9.17, 15) is 0 Å². The molecule has 2 N–H and O–H groups in total. The predicted molar refractivity (Wildman–Crippen MR) is 71.1 cm³/mol. The highest BCUT2D eigenvalue weighted by molar-refractivity contribution is 6.31. The van der Waals surface area contributed by atoms with E-state index in [1.54, 1.807) is 6.20 Å². The average molecular weight is 256 g/mol. The van der Waals surface area contributed by atoms with Gasteiger partial charge in [-0.3, -0.25) is 4.68 Å². The molecule has 4 heteroatoms. The third-order valence-corrected chi connectivity index (χ3v) is 4.27. The second-order valence-corrected chi connectivity index (χ2v) is 5.92. The number of hydrogen-bond donors (Lipinski definition) is 1. The summed E-state index contributed by atoms with van der Waals surface area (Å²) in [5.74, 6) is 1.23. The molecule has 1 aliphatic carbocycles. The first-order chi connectivity index (χ1) is 8.02. The molecule has 3 unspecified atom stereocenters. The molecule has 1 aliphatic rings. The zero-order valence-electron chi connectivity index (χ0n) is 10.9. The molecule has 1 fully saturated rings. The normalized spacial score (nSPS) is 26.7. The summed E-state index contributed by atoms with van der Waals surface area (Å²) in [7, 11) is 0. The molecule has 0 aromatic carbocycles. The van der Waals surface area contributed by atoms with E-state index >= 15 is 0 Å².